The molecule has 8 nitrogen and oxygen atoms in total. The Labute approximate surface area is 245 Å². The van der Waals surface area contributed by atoms with Crippen molar-refractivity contribution in [3.05, 3.63) is 129 Å². The molecule has 0 aliphatic carbocycles. The van der Waals surface area contributed by atoms with Gasteiger partial charge in [0.05, 0.1) is 0 Å². The van der Waals surface area contributed by atoms with Crippen LogP contribution in [0.2, 0.25) is 10.0 Å². The van der Waals surface area contributed by atoms with E-state index >= 15 is 0 Å². The summed E-state index contributed by atoms with van der Waals surface area (Å²) in [6.07, 6.45) is 0. The first-order chi connectivity index (χ1) is 19.9. The number of nitrogens with one attached hydrogen (secondary N) is 4. The minimum Gasteiger partial charge on any atom is -0.308 e. The minimum atomic E-state index is -1.17. The predicted molar refractivity (Wildman–Crippen MR) is 149 cm³/mol. The molecule has 0 atom stereocenters. The fraction of sp³-hybridized carbons (Fsp3) is 0. The molecule has 6 amide bonds. The van der Waals surface area contributed by atoms with Crippen molar-refractivity contribution in [2.24, 2.45) is 0 Å². The third-order valence-electron chi connectivity index (χ3n) is 5.04. The fourth-order valence-electron chi connectivity index (χ4n) is 3.15. The van der Waals surface area contributed by atoms with Crippen LogP contribution in [0.3, 0.4) is 0 Å². The van der Waals surface area contributed by atoms with Crippen molar-refractivity contribution in [3.8, 4) is 0 Å². The second-order valence-electron chi connectivity index (χ2n) is 8.02. The van der Waals surface area contributed by atoms with Crippen LogP contribution in [0.25, 0.3) is 0 Å². The zero-order valence-electron chi connectivity index (χ0n) is 21.0. The van der Waals surface area contributed by atoms with Crippen LogP contribution in [0.4, 0.5) is 38.5 Å². The topological polar surface area (TPSA) is 116 Å². The van der Waals surface area contributed by atoms with Crippen LogP contribution < -0.4 is 21.3 Å². The fourth-order valence-corrected chi connectivity index (χ4v) is 3.40. The van der Waals surface area contributed by atoms with E-state index < -0.39 is 58.3 Å². The van der Waals surface area contributed by atoms with Crippen molar-refractivity contribution in [3.63, 3.8) is 0 Å². The lowest BCUT2D eigenvalue weighted by Gasteiger charge is -2.08. The quantitative estimate of drug-likeness (QED) is 0.181. The lowest BCUT2D eigenvalue weighted by Crippen LogP contribution is -2.35. The van der Waals surface area contributed by atoms with Crippen molar-refractivity contribution in [2.45, 2.75) is 0 Å². The van der Waals surface area contributed by atoms with Gasteiger partial charge in [-0.1, -0.05) is 35.3 Å². The highest BCUT2D eigenvalue weighted by molar-refractivity contribution is 6.31. The van der Waals surface area contributed by atoms with E-state index in [1.54, 1.807) is 0 Å². The van der Waals surface area contributed by atoms with Crippen molar-refractivity contribution in [1.82, 2.24) is 10.6 Å². The monoisotopic (exact) mass is 620 g/mol. The summed E-state index contributed by atoms with van der Waals surface area (Å²) < 4.78 is 53.5. The Kier molecular flexibility index (Phi) is 11.0. The van der Waals surface area contributed by atoms with Gasteiger partial charge in [-0.15, -0.1) is 0 Å². The molecule has 4 N–H and O–H groups in total. The molecule has 4 rings (SSSR count). The molecule has 0 radical (unpaired) electrons. The highest BCUT2D eigenvalue weighted by Gasteiger charge is 2.20. The van der Waals surface area contributed by atoms with E-state index in [1.165, 1.54) is 48.5 Å². The molecule has 0 bridgehead atoms. The van der Waals surface area contributed by atoms with E-state index in [9.17, 15) is 36.7 Å². The Hall–Kier alpha value is -4.94. The van der Waals surface area contributed by atoms with Crippen LogP contribution in [0.15, 0.2) is 84.9 Å². The summed E-state index contributed by atoms with van der Waals surface area (Å²) >= 11 is 11.4. The highest BCUT2D eigenvalue weighted by atomic mass is 35.5. The van der Waals surface area contributed by atoms with Gasteiger partial charge < -0.3 is 10.6 Å². The maximum Gasteiger partial charge on any atom is 0.326 e. The summed E-state index contributed by atoms with van der Waals surface area (Å²) in [7, 11) is 0. The molecule has 4 aromatic carbocycles. The van der Waals surface area contributed by atoms with Gasteiger partial charge in [0.1, 0.15) is 34.4 Å². The second-order valence-corrected chi connectivity index (χ2v) is 8.90. The Morgan fingerprint density at radius 2 is 0.762 bits per heavy atom. The number of anilines is 2. The van der Waals surface area contributed by atoms with Crippen LogP contribution >= 0.6 is 23.2 Å². The normalized spacial score (nSPS) is 10.0. The highest BCUT2D eigenvalue weighted by Crippen LogP contribution is 2.16. The molecule has 4 aromatic rings. The molecule has 0 saturated carbocycles. The molecule has 0 aromatic heterocycles. The second kappa shape index (κ2) is 14.6. The molecule has 0 saturated heterocycles. The van der Waals surface area contributed by atoms with Crippen LogP contribution in [0.5, 0.6) is 0 Å². The first-order valence-electron chi connectivity index (χ1n) is 11.6. The van der Waals surface area contributed by atoms with Gasteiger partial charge in [0.15, 0.2) is 0 Å². The van der Waals surface area contributed by atoms with Gasteiger partial charge in [0, 0.05) is 21.4 Å². The van der Waals surface area contributed by atoms with Gasteiger partial charge in [-0.05, 0) is 72.8 Å². The van der Waals surface area contributed by atoms with Crippen molar-refractivity contribution >= 4 is 58.5 Å². The number of halogens is 6. The van der Waals surface area contributed by atoms with Gasteiger partial charge in [0.25, 0.3) is 11.8 Å². The third kappa shape index (κ3) is 9.04. The average molecular weight is 621 g/mol. The number of rotatable bonds is 4. The van der Waals surface area contributed by atoms with E-state index in [1.807, 2.05) is 10.6 Å². The maximum absolute atomic E-state index is 13.4. The lowest BCUT2D eigenvalue weighted by molar-refractivity contribution is 0.0948. The lowest BCUT2D eigenvalue weighted by atomic mass is 10.2. The zero-order chi connectivity index (χ0) is 30.8. The smallest absolute Gasteiger partial charge is 0.308 e. The van der Waals surface area contributed by atoms with Gasteiger partial charge in [0.2, 0.25) is 0 Å². The van der Waals surface area contributed by atoms with Crippen LogP contribution in [-0.4, -0.2) is 23.9 Å². The van der Waals surface area contributed by atoms with Crippen LogP contribution in [0.1, 0.15) is 20.7 Å². The third-order valence-corrected chi connectivity index (χ3v) is 5.54. The Bertz CT molecular complexity index is 1460. The van der Waals surface area contributed by atoms with Gasteiger partial charge in [-0.2, -0.15) is 0 Å². The first-order valence-corrected chi connectivity index (χ1v) is 12.3. The molecule has 0 heterocycles. The van der Waals surface area contributed by atoms with Crippen LogP contribution in [0, 0.1) is 23.3 Å². The Morgan fingerprint density at radius 3 is 1.05 bits per heavy atom. The number of carbonyl (C=O) groups is 4. The van der Waals surface area contributed by atoms with Crippen molar-refractivity contribution in [1.29, 1.82) is 0 Å². The van der Waals surface area contributed by atoms with E-state index in [0.717, 1.165) is 36.4 Å². The molecule has 0 aliphatic rings. The SMILES string of the molecule is O=C(NC(=O)c1c(F)cccc1F)Nc1ccc(Cl)cc1.O=C(NC(=O)c1c(F)cccc1F)Nc1ccc(Cl)cc1. The maximum atomic E-state index is 13.4. The molecule has 0 aliphatic heterocycles. The minimum absolute atomic E-state index is 0.374. The summed E-state index contributed by atoms with van der Waals surface area (Å²) in [5.41, 5.74) is -0.884. The summed E-state index contributed by atoms with van der Waals surface area (Å²) in [6, 6.07) is 16.3. The number of hydrogen-bond donors (Lipinski definition) is 4. The van der Waals surface area contributed by atoms with Gasteiger partial charge in [-0.3, -0.25) is 20.2 Å². The largest absolute Gasteiger partial charge is 0.326 e. The van der Waals surface area contributed by atoms with Crippen molar-refractivity contribution < 1.29 is 36.7 Å². The number of imide groups is 2. The number of carbonyl (C=O) groups excluding carboxylic acids is 4. The molecule has 216 valence electrons. The molecule has 0 fully saturated rings. The zero-order valence-corrected chi connectivity index (χ0v) is 22.5. The Morgan fingerprint density at radius 1 is 0.476 bits per heavy atom. The number of amides is 6. The molecular weight excluding hydrogens is 603 g/mol. The molecular formula is C28H18Cl2F4N4O4. The molecule has 42 heavy (non-hydrogen) atoms. The van der Waals surface area contributed by atoms with Crippen molar-refractivity contribution in [2.75, 3.05) is 10.6 Å². The van der Waals surface area contributed by atoms with Gasteiger partial charge in [-0.25, -0.2) is 27.2 Å². The number of hydrogen-bond acceptors (Lipinski definition) is 4. The summed E-state index contributed by atoms with van der Waals surface area (Å²) in [6.45, 7) is 0. The number of urea groups is 2. The van der Waals surface area contributed by atoms with E-state index in [4.69, 9.17) is 23.2 Å². The molecule has 0 spiro atoms. The number of benzene rings is 4. The summed E-state index contributed by atoms with van der Waals surface area (Å²) in [5.74, 6) is -6.54. The summed E-state index contributed by atoms with van der Waals surface area (Å²) in [4.78, 5) is 46.5. The molecule has 14 heteroatoms. The summed E-state index contributed by atoms with van der Waals surface area (Å²) in [5, 5.41) is 9.30. The standard InChI is InChI=1S/2C14H9ClF2N2O2/c2*15-8-4-6-9(7-5-8)18-14(21)19-13(20)12-10(16)2-1-3-11(12)17/h2*1-7H,(H2,18,19,20,21). The Balaban J connectivity index is 0.000000230. The predicted octanol–water partition coefficient (Wildman–Crippen LogP) is 7.16. The van der Waals surface area contributed by atoms with Crippen LogP contribution in [-0.2, 0) is 0 Å². The van der Waals surface area contributed by atoms with E-state index in [-0.39, 0.29) is 0 Å². The average Bonchev–Trinajstić information content (AvgIpc) is 2.91. The van der Waals surface area contributed by atoms with Gasteiger partial charge >= 0.3 is 12.1 Å². The first kappa shape index (κ1) is 31.6. The van der Waals surface area contributed by atoms with E-state index in [0.29, 0.717) is 21.4 Å². The van der Waals surface area contributed by atoms with E-state index in [2.05, 4.69) is 10.6 Å². The molecule has 0 unspecified atom stereocenters.